The number of pyridine rings is 1. The molecule has 1 N–H and O–H groups in total. The lowest BCUT2D eigenvalue weighted by Gasteiger charge is -2.36. The Hall–Kier alpha value is -0.800. The molecule has 1 saturated carbocycles. The van der Waals surface area contributed by atoms with Gasteiger partial charge in [-0.15, -0.1) is 0 Å². The fourth-order valence-electron chi connectivity index (χ4n) is 1.76. The third kappa shape index (κ3) is 2.61. The Morgan fingerprint density at radius 2 is 2.40 bits per heavy atom. The van der Waals surface area contributed by atoms with Crippen LogP contribution in [0.15, 0.2) is 18.5 Å². The van der Waals surface area contributed by atoms with E-state index in [1.165, 1.54) is 0 Å². The van der Waals surface area contributed by atoms with Crippen LogP contribution >= 0.6 is 11.6 Å². The molecule has 0 amide bonds. The smallest absolute Gasteiger partial charge is 0.0718 e. The highest BCUT2D eigenvalue weighted by Gasteiger charge is 2.29. The quantitative estimate of drug-likeness (QED) is 0.857. The van der Waals surface area contributed by atoms with E-state index in [4.69, 9.17) is 16.3 Å². The van der Waals surface area contributed by atoms with E-state index in [1.54, 1.807) is 18.5 Å². The first-order valence-electron chi connectivity index (χ1n) is 5.27. The summed E-state index contributed by atoms with van der Waals surface area (Å²) in [6.45, 7) is 2.82. The van der Waals surface area contributed by atoms with Crippen LogP contribution in [0.3, 0.4) is 0 Å². The maximum absolute atomic E-state index is 6.01. The number of aromatic nitrogens is 1. The molecule has 0 unspecified atom stereocenters. The lowest BCUT2D eigenvalue weighted by molar-refractivity contribution is 0.00299. The molecule has 1 aliphatic carbocycles. The summed E-state index contributed by atoms with van der Waals surface area (Å²) in [7, 11) is 0. The van der Waals surface area contributed by atoms with Crippen molar-refractivity contribution < 1.29 is 4.74 Å². The van der Waals surface area contributed by atoms with Crippen molar-refractivity contribution >= 4 is 17.3 Å². The molecule has 4 heteroatoms. The van der Waals surface area contributed by atoms with Gasteiger partial charge < -0.3 is 10.1 Å². The Bertz CT molecular complexity index is 326. The topological polar surface area (TPSA) is 34.1 Å². The molecule has 82 valence electrons. The molecule has 1 aromatic heterocycles. The van der Waals surface area contributed by atoms with Crippen molar-refractivity contribution in [1.29, 1.82) is 0 Å². The molecule has 0 aliphatic heterocycles. The van der Waals surface area contributed by atoms with Crippen LogP contribution in [0.1, 0.15) is 19.8 Å². The van der Waals surface area contributed by atoms with Crippen LogP contribution in [-0.4, -0.2) is 23.7 Å². The minimum absolute atomic E-state index is 0.419. The zero-order chi connectivity index (χ0) is 10.7. The molecule has 1 aromatic rings. The van der Waals surface area contributed by atoms with Crippen LogP contribution in [0.25, 0.3) is 0 Å². The molecular weight excluding hydrogens is 212 g/mol. The summed E-state index contributed by atoms with van der Waals surface area (Å²) in [4.78, 5) is 4.03. The van der Waals surface area contributed by atoms with E-state index >= 15 is 0 Å². The first-order chi connectivity index (χ1) is 7.29. The molecule has 1 aliphatic rings. The van der Waals surface area contributed by atoms with Gasteiger partial charge in [0.1, 0.15) is 0 Å². The molecule has 0 atom stereocenters. The molecular formula is C11H15ClN2O. The molecule has 15 heavy (non-hydrogen) atoms. The van der Waals surface area contributed by atoms with Crippen molar-refractivity contribution in [3.05, 3.63) is 23.5 Å². The molecule has 3 nitrogen and oxygen atoms in total. The van der Waals surface area contributed by atoms with Crippen molar-refractivity contribution in [1.82, 2.24) is 4.98 Å². The van der Waals surface area contributed by atoms with E-state index in [1.807, 2.05) is 6.92 Å². The van der Waals surface area contributed by atoms with E-state index in [0.29, 0.717) is 12.1 Å². The molecule has 1 fully saturated rings. The van der Waals surface area contributed by atoms with Gasteiger partial charge in [0, 0.05) is 18.8 Å². The minimum Gasteiger partial charge on any atom is -0.380 e. The van der Waals surface area contributed by atoms with E-state index in [2.05, 4.69) is 10.3 Å². The van der Waals surface area contributed by atoms with Gasteiger partial charge in [-0.1, -0.05) is 11.6 Å². The van der Waals surface area contributed by atoms with E-state index in [9.17, 15) is 0 Å². The zero-order valence-corrected chi connectivity index (χ0v) is 9.50. The number of rotatable bonds is 4. The lowest BCUT2D eigenvalue weighted by Crippen LogP contribution is -2.40. The summed E-state index contributed by atoms with van der Waals surface area (Å²) in [6.07, 6.45) is 5.98. The van der Waals surface area contributed by atoms with Gasteiger partial charge in [-0.2, -0.15) is 0 Å². The van der Waals surface area contributed by atoms with Gasteiger partial charge in [-0.25, -0.2) is 0 Å². The molecule has 0 saturated heterocycles. The SMILES string of the molecule is CCOC1CC(Nc2cnccc2Cl)C1. The van der Waals surface area contributed by atoms with Crippen molar-refractivity contribution in [2.45, 2.75) is 31.9 Å². The Morgan fingerprint density at radius 3 is 3.07 bits per heavy atom. The number of halogens is 1. The van der Waals surface area contributed by atoms with Gasteiger partial charge >= 0.3 is 0 Å². The van der Waals surface area contributed by atoms with Gasteiger partial charge in [0.05, 0.1) is 23.0 Å². The molecule has 0 radical (unpaired) electrons. The van der Waals surface area contributed by atoms with Gasteiger partial charge in [0.15, 0.2) is 0 Å². The highest BCUT2D eigenvalue weighted by atomic mass is 35.5. The number of hydrogen-bond donors (Lipinski definition) is 1. The van der Waals surface area contributed by atoms with Gasteiger partial charge in [0.25, 0.3) is 0 Å². The maximum Gasteiger partial charge on any atom is 0.0718 e. The second-order valence-electron chi connectivity index (χ2n) is 3.75. The Morgan fingerprint density at radius 1 is 1.60 bits per heavy atom. The second-order valence-corrected chi connectivity index (χ2v) is 4.15. The van der Waals surface area contributed by atoms with Crippen molar-refractivity contribution in [2.75, 3.05) is 11.9 Å². The van der Waals surface area contributed by atoms with E-state index in [0.717, 1.165) is 30.2 Å². The molecule has 0 spiro atoms. The van der Waals surface area contributed by atoms with Crippen molar-refractivity contribution in [3.63, 3.8) is 0 Å². The predicted octanol–water partition coefficient (Wildman–Crippen LogP) is 2.71. The van der Waals surface area contributed by atoms with Crippen LogP contribution in [-0.2, 0) is 4.74 Å². The summed E-state index contributed by atoms with van der Waals surface area (Å²) >= 11 is 6.01. The number of nitrogens with zero attached hydrogens (tertiary/aromatic N) is 1. The fraction of sp³-hybridized carbons (Fsp3) is 0.545. The molecule has 2 rings (SSSR count). The van der Waals surface area contributed by atoms with Gasteiger partial charge in [-0.05, 0) is 25.8 Å². The molecule has 0 bridgehead atoms. The summed E-state index contributed by atoms with van der Waals surface area (Å²) in [5.41, 5.74) is 0.916. The third-order valence-electron chi connectivity index (χ3n) is 2.62. The minimum atomic E-state index is 0.419. The standard InChI is InChI=1S/C11H15ClN2O/c1-2-15-9-5-8(6-9)14-11-7-13-4-3-10(11)12/h3-4,7-9,14H,2,5-6H2,1H3. The van der Waals surface area contributed by atoms with Crippen LogP contribution in [0, 0.1) is 0 Å². The third-order valence-corrected chi connectivity index (χ3v) is 2.95. The van der Waals surface area contributed by atoms with Crippen molar-refractivity contribution in [2.24, 2.45) is 0 Å². The summed E-state index contributed by atoms with van der Waals surface area (Å²) < 4.78 is 5.49. The normalized spacial score (nSPS) is 24.7. The van der Waals surface area contributed by atoms with Crippen molar-refractivity contribution in [3.8, 4) is 0 Å². The van der Waals surface area contributed by atoms with Crippen LogP contribution in [0.5, 0.6) is 0 Å². The maximum atomic E-state index is 6.01. The average molecular weight is 227 g/mol. The van der Waals surface area contributed by atoms with Gasteiger partial charge in [0.2, 0.25) is 0 Å². The number of hydrogen-bond acceptors (Lipinski definition) is 3. The number of anilines is 1. The summed E-state index contributed by atoms with van der Waals surface area (Å²) in [5, 5.41) is 4.09. The lowest BCUT2D eigenvalue weighted by atomic mass is 9.89. The van der Waals surface area contributed by atoms with Gasteiger partial charge in [-0.3, -0.25) is 4.98 Å². The number of ether oxygens (including phenoxy) is 1. The second kappa shape index (κ2) is 4.81. The zero-order valence-electron chi connectivity index (χ0n) is 8.74. The Kier molecular flexibility index (Phi) is 3.44. The van der Waals surface area contributed by atoms with Crippen LogP contribution in [0.2, 0.25) is 5.02 Å². The predicted molar refractivity (Wildman–Crippen MR) is 61.3 cm³/mol. The van der Waals surface area contributed by atoms with Crippen LogP contribution in [0.4, 0.5) is 5.69 Å². The Labute approximate surface area is 94.8 Å². The average Bonchev–Trinajstić information content (AvgIpc) is 2.18. The number of nitrogens with one attached hydrogen (secondary N) is 1. The highest BCUT2D eigenvalue weighted by Crippen LogP contribution is 2.29. The molecule has 1 heterocycles. The highest BCUT2D eigenvalue weighted by molar-refractivity contribution is 6.33. The first-order valence-corrected chi connectivity index (χ1v) is 5.65. The first kappa shape index (κ1) is 10.7. The largest absolute Gasteiger partial charge is 0.380 e. The monoisotopic (exact) mass is 226 g/mol. The molecule has 0 aromatic carbocycles. The Balaban J connectivity index is 1.82. The van der Waals surface area contributed by atoms with Crippen LogP contribution < -0.4 is 5.32 Å². The fourth-order valence-corrected chi connectivity index (χ4v) is 1.92. The summed E-state index contributed by atoms with van der Waals surface area (Å²) in [6, 6.07) is 2.27. The summed E-state index contributed by atoms with van der Waals surface area (Å²) in [5.74, 6) is 0. The van der Waals surface area contributed by atoms with E-state index < -0.39 is 0 Å². The van der Waals surface area contributed by atoms with E-state index in [-0.39, 0.29) is 0 Å².